The molecule has 13 heteroatoms. The number of hydrogen-bond acceptors (Lipinski definition) is 7. The first kappa shape index (κ1) is 26.7. The summed E-state index contributed by atoms with van der Waals surface area (Å²) in [7, 11) is -3.46. The topological polar surface area (TPSA) is 125 Å². The van der Waals surface area contributed by atoms with Gasteiger partial charge < -0.3 is 20.5 Å². The quantitative estimate of drug-likeness (QED) is 0.408. The summed E-state index contributed by atoms with van der Waals surface area (Å²) in [5.41, 5.74) is 5.44. The fraction of sp³-hybridized carbons (Fsp3) is 0.467. The van der Waals surface area contributed by atoms with Crippen molar-refractivity contribution >= 4 is 57.5 Å². The molecule has 0 aromatic heterocycles. The minimum Gasteiger partial charge on any atom is -0.433 e. The Morgan fingerprint density at radius 1 is 1.25 bits per heavy atom. The van der Waals surface area contributed by atoms with E-state index in [1.54, 1.807) is 0 Å². The van der Waals surface area contributed by atoms with E-state index in [4.69, 9.17) is 38.4 Å². The molecule has 8 nitrogen and oxygen atoms in total. The lowest BCUT2D eigenvalue weighted by atomic mass is 10.0. The van der Waals surface area contributed by atoms with Crippen LogP contribution in [0.15, 0.2) is 29.2 Å². The summed E-state index contributed by atoms with van der Waals surface area (Å²) < 4.78 is 46.4. The second kappa shape index (κ2) is 12.3. The lowest BCUT2D eigenvalue weighted by molar-refractivity contribution is -0.121. The molecule has 0 heterocycles. The number of alkyl halides is 3. The highest BCUT2D eigenvalue weighted by molar-refractivity contribution is 7.90. The molecule has 1 aromatic carbocycles. The average molecular weight is 482 g/mol. The molecule has 0 unspecified atom stereocenters. The average Bonchev–Trinajstić information content (AvgIpc) is 2.61. The summed E-state index contributed by atoms with van der Waals surface area (Å²) in [5, 5.41) is 2.22. The van der Waals surface area contributed by atoms with Crippen LogP contribution in [0.2, 0.25) is 0 Å². The van der Waals surface area contributed by atoms with Gasteiger partial charge in [0.1, 0.15) is 13.3 Å². The van der Waals surface area contributed by atoms with E-state index in [1.165, 1.54) is 24.3 Å². The molecule has 0 aliphatic heterocycles. The molecule has 3 N–H and O–H groups in total. The SMILES string of the molecule is CS(=O)(=O)c1ccc([C@@H](OC(=O)OCCN)[C@@H](CF)NC(=O)C(Cl)Cl)cc1.Cl. The molecule has 0 saturated heterocycles. The first-order valence-corrected chi connectivity index (χ1v) is 10.3. The van der Waals surface area contributed by atoms with Gasteiger partial charge in [-0.3, -0.25) is 4.79 Å². The van der Waals surface area contributed by atoms with Crippen molar-refractivity contribution in [1.29, 1.82) is 0 Å². The Bertz CT molecular complexity index is 749. The molecule has 0 aliphatic rings. The van der Waals surface area contributed by atoms with Crippen LogP contribution in [0.4, 0.5) is 9.18 Å². The number of nitrogens with two attached hydrogens (primary N) is 1. The molecule has 0 aliphatic carbocycles. The maximum absolute atomic E-state index is 13.5. The lowest BCUT2D eigenvalue weighted by Crippen LogP contribution is -2.44. The van der Waals surface area contributed by atoms with Crippen molar-refractivity contribution in [2.75, 3.05) is 26.1 Å². The zero-order chi connectivity index (χ0) is 20.6. The van der Waals surface area contributed by atoms with Gasteiger partial charge in [-0.2, -0.15) is 0 Å². The number of hydrogen-bond donors (Lipinski definition) is 2. The summed E-state index contributed by atoms with van der Waals surface area (Å²) in [6.07, 6.45) is -1.45. The maximum Gasteiger partial charge on any atom is 0.509 e. The third kappa shape index (κ3) is 8.36. The molecule has 2 atom stereocenters. The van der Waals surface area contributed by atoms with Crippen LogP contribution in [0.25, 0.3) is 0 Å². The maximum atomic E-state index is 13.5. The van der Waals surface area contributed by atoms with Gasteiger partial charge in [0.2, 0.25) is 0 Å². The summed E-state index contributed by atoms with van der Waals surface area (Å²) in [6.45, 7) is -1.21. The Balaban J connectivity index is 0.00000729. The first-order valence-electron chi connectivity index (χ1n) is 7.58. The first-order chi connectivity index (χ1) is 12.6. The Labute approximate surface area is 178 Å². The monoisotopic (exact) mass is 480 g/mol. The van der Waals surface area contributed by atoms with Gasteiger partial charge in [-0.15, -0.1) is 12.4 Å². The standard InChI is InChI=1S/C15H19Cl2FN2O6S.ClH/c1-27(23,24)10-4-2-9(3-5-10)12(26-15(22)25-7-6-19)11(8-18)20-14(21)13(16)17;/h2-5,11-13H,6-8,19H2,1H3,(H,20,21);1H/t11-,12-;/m1./s1. The summed E-state index contributed by atoms with van der Waals surface area (Å²) in [5.74, 6) is -0.891. The Hall–Kier alpha value is -1.33. The largest absolute Gasteiger partial charge is 0.509 e. The molecule has 0 bridgehead atoms. The summed E-state index contributed by atoms with van der Waals surface area (Å²) in [4.78, 5) is 22.0. The molecule has 28 heavy (non-hydrogen) atoms. The number of rotatable bonds is 9. The fourth-order valence-corrected chi connectivity index (χ4v) is 2.76. The zero-order valence-corrected chi connectivity index (χ0v) is 17.8. The van der Waals surface area contributed by atoms with Gasteiger partial charge in [-0.05, 0) is 17.7 Å². The molecule has 0 fully saturated rings. The number of halogens is 4. The highest BCUT2D eigenvalue weighted by Gasteiger charge is 2.31. The van der Waals surface area contributed by atoms with E-state index in [2.05, 4.69) is 5.32 Å². The lowest BCUT2D eigenvalue weighted by Gasteiger charge is -2.26. The number of nitrogens with one attached hydrogen (secondary N) is 1. The Morgan fingerprint density at radius 3 is 2.25 bits per heavy atom. The van der Waals surface area contributed by atoms with E-state index in [-0.39, 0.29) is 36.0 Å². The molecule has 160 valence electrons. The van der Waals surface area contributed by atoms with Crippen LogP contribution in [-0.2, 0) is 24.1 Å². The second-order valence-corrected chi connectivity index (χ2v) is 8.45. The van der Waals surface area contributed by atoms with Crippen molar-refractivity contribution in [2.45, 2.75) is 21.9 Å². The normalized spacial score (nSPS) is 13.2. The molecule has 1 aromatic rings. The van der Waals surface area contributed by atoms with E-state index >= 15 is 0 Å². The van der Waals surface area contributed by atoms with Crippen molar-refractivity contribution in [3.8, 4) is 0 Å². The van der Waals surface area contributed by atoms with Gasteiger partial charge >= 0.3 is 6.16 Å². The van der Waals surface area contributed by atoms with Gasteiger partial charge in [0.05, 0.1) is 10.9 Å². The van der Waals surface area contributed by atoms with Gasteiger partial charge in [-0.25, -0.2) is 17.6 Å². The van der Waals surface area contributed by atoms with Gasteiger partial charge in [-0.1, -0.05) is 35.3 Å². The van der Waals surface area contributed by atoms with E-state index < -0.39 is 45.6 Å². The number of amides is 1. The zero-order valence-electron chi connectivity index (χ0n) is 14.6. The van der Waals surface area contributed by atoms with E-state index in [0.717, 1.165) is 6.26 Å². The summed E-state index contributed by atoms with van der Waals surface area (Å²) >= 11 is 10.9. The minimum atomic E-state index is -3.46. The number of ether oxygens (including phenoxy) is 2. The van der Waals surface area contributed by atoms with Crippen molar-refractivity contribution in [3.05, 3.63) is 29.8 Å². The Kier molecular flexibility index (Phi) is 11.7. The molecule has 0 spiro atoms. The highest BCUT2D eigenvalue weighted by Crippen LogP contribution is 2.25. The van der Waals surface area contributed by atoms with Crippen LogP contribution in [0, 0.1) is 0 Å². The molecule has 0 saturated carbocycles. The van der Waals surface area contributed by atoms with Crippen molar-refractivity contribution < 1.29 is 31.9 Å². The van der Waals surface area contributed by atoms with Crippen molar-refractivity contribution in [2.24, 2.45) is 5.73 Å². The molecule has 0 radical (unpaired) electrons. The Morgan fingerprint density at radius 2 is 1.82 bits per heavy atom. The third-order valence-electron chi connectivity index (χ3n) is 3.26. The molecular formula is C15H20Cl3FN2O6S. The van der Waals surface area contributed by atoms with Gasteiger partial charge in [0.25, 0.3) is 5.91 Å². The van der Waals surface area contributed by atoms with Crippen LogP contribution >= 0.6 is 35.6 Å². The minimum absolute atomic E-state index is 0. The molecular weight excluding hydrogens is 462 g/mol. The molecule has 1 rings (SSSR count). The smallest absolute Gasteiger partial charge is 0.433 e. The van der Waals surface area contributed by atoms with E-state index in [9.17, 15) is 22.4 Å². The van der Waals surface area contributed by atoms with Crippen LogP contribution in [0.3, 0.4) is 0 Å². The van der Waals surface area contributed by atoms with Crippen molar-refractivity contribution in [1.82, 2.24) is 5.32 Å². The van der Waals surface area contributed by atoms with Crippen LogP contribution < -0.4 is 11.1 Å². The van der Waals surface area contributed by atoms with E-state index in [0.29, 0.717) is 0 Å². The van der Waals surface area contributed by atoms with Crippen LogP contribution in [-0.4, -0.2) is 57.4 Å². The number of sulfone groups is 1. The van der Waals surface area contributed by atoms with Gasteiger partial charge in [0.15, 0.2) is 20.8 Å². The molecule has 1 amide bonds. The predicted octanol–water partition coefficient (Wildman–Crippen LogP) is 1.92. The van der Waals surface area contributed by atoms with Crippen molar-refractivity contribution in [3.63, 3.8) is 0 Å². The summed E-state index contributed by atoms with van der Waals surface area (Å²) in [6, 6.07) is 3.83. The van der Waals surface area contributed by atoms with Gasteiger partial charge in [0, 0.05) is 12.8 Å². The van der Waals surface area contributed by atoms with Crippen LogP contribution in [0.1, 0.15) is 11.7 Å². The highest BCUT2D eigenvalue weighted by atomic mass is 35.5. The number of carbonyl (C=O) groups is 2. The number of benzene rings is 1. The fourth-order valence-electron chi connectivity index (χ4n) is 2.01. The third-order valence-corrected chi connectivity index (χ3v) is 4.78. The van der Waals surface area contributed by atoms with Crippen LogP contribution in [0.5, 0.6) is 0 Å². The predicted molar refractivity (Wildman–Crippen MR) is 104 cm³/mol. The van der Waals surface area contributed by atoms with E-state index in [1.807, 2.05) is 0 Å². The number of carbonyl (C=O) groups excluding carboxylic acids is 2. The second-order valence-electron chi connectivity index (χ2n) is 5.34.